The van der Waals surface area contributed by atoms with Crippen molar-refractivity contribution in [3.05, 3.63) is 49.0 Å². The highest BCUT2D eigenvalue weighted by Crippen LogP contribution is 2.32. The Labute approximate surface area is 132 Å². The largest absolute Gasteiger partial charge is 0.496 e. The summed E-state index contributed by atoms with van der Waals surface area (Å²) in [5, 5.41) is 0.436. The smallest absolute Gasteiger partial charge is 0.214 e. The summed E-state index contributed by atoms with van der Waals surface area (Å²) in [6.07, 6.45) is 0. The predicted octanol–water partition coefficient (Wildman–Crippen LogP) is 4.30. The van der Waals surface area contributed by atoms with Gasteiger partial charge in [-0.1, -0.05) is 23.2 Å². The van der Waals surface area contributed by atoms with Gasteiger partial charge in [0.05, 0.1) is 21.3 Å². The van der Waals surface area contributed by atoms with Gasteiger partial charge in [-0.25, -0.2) is 4.39 Å². The van der Waals surface area contributed by atoms with Gasteiger partial charge in [-0.3, -0.25) is 4.79 Å². The maximum Gasteiger partial charge on any atom is 0.214 e. The van der Waals surface area contributed by atoms with Gasteiger partial charge in [0.15, 0.2) is 0 Å². The minimum Gasteiger partial charge on any atom is -0.496 e. The predicted molar refractivity (Wildman–Crippen MR) is 79.9 cm³/mol. The normalized spacial score (nSPS) is 10.6. The molecule has 100 valence electrons. The number of ether oxygens (including phenoxy) is 1. The van der Waals surface area contributed by atoms with Crippen LogP contribution in [0.1, 0.15) is 16.1 Å². The molecule has 0 fully saturated rings. The zero-order valence-corrected chi connectivity index (χ0v) is 13.2. The summed E-state index contributed by atoms with van der Waals surface area (Å²) in [7, 11) is 1.41. The highest BCUT2D eigenvalue weighted by Gasteiger charge is 2.22. The second-order valence-corrected chi connectivity index (χ2v) is 5.45. The number of carbonyl (C=O) groups is 1. The van der Waals surface area contributed by atoms with Crippen LogP contribution in [0.5, 0.6) is 5.75 Å². The van der Waals surface area contributed by atoms with Crippen molar-refractivity contribution in [2.24, 2.45) is 0 Å². The van der Waals surface area contributed by atoms with Crippen molar-refractivity contribution in [2.45, 2.75) is 0 Å². The summed E-state index contributed by atoms with van der Waals surface area (Å²) in [4.78, 5) is 15.0. The van der Waals surface area contributed by atoms with Gasteiger partial charge in [0.25, 0.3) is 0 Å². The molecular formula is C12H7Cl2FINO2. The van der Waals surface area contributed by atoms with Crippen molar-refractivity contribution in [2.75, 3.05) is 7.11 Å². The van der Waals surface area contributed by atoms with E-state index in [0.29, 0.717) is 3.57 Å². The Balaban J connectivity index is 2.55. The lowest BCUT2D eigenvalue weighted by molar-refractivity contribution is 0.103. The fourth-order valence-electron chi connectivity index (χ4n) is 1.57. The van der Waals surface area contributed by atoms with Gasteiger partial charge in [0.1, 0.15) is 22.4 Å². The number of methoxy groups -OCH3 is 1. The molecule has 0 bridgehead atoms. The lowest BCUT2D eigenvalue weighted by atomic mass is 10.1. The molecule has 0 aliphatic heterocycles. The molecule has 1 aromatic carbocycles. The molecule has 19 heavy (non-hydrogen) atoms. The number of nitrogens with one attached hydrogen (secondary N) is 1. The molecule has 0 radical (unpaired) electrons. The minimum atomic E-state index is -0.525. The molecule has 2 rings (SSSR count). The van der Waals surface area contributed by atoms with E-state index in [2.05, 4.69) is 4.98 Å². The first-order chi connectivity index (χ1) is 8.95. The molecule has 0 saturated heterocycles. The topological polar surface area (TPSA) is 42.1 Å². The number of hydrogen-bond acceptors (Lipinski definition) is 2. The molecule has 3 nitrogen and oxygen atoms in total. The van der Waals surface area contributed by atoms with Crippen molar-refractivity contribution in [3.63, 3.8) is 0 Å². The van der Waals surface area contributed by atoms with E-state index in [4.69, 9.17) is 27.9 Å². The number of hydrogen-bond donors (Lipinski definition) is 1. The third-order valence-corrected chi connectivity index (χ3v) is 4.63. The standard InChI is InChI=1S/C12H7Cl2FINO2/c1-19-7-3-2-5(15)4-6(7)11(18)10-9(16)8(13)12(14)17-10/h2-4,17H,1H3. The maximum absolute atomic E-state index is 13.3. The Morgan fingerprint density at radius 3 is 2.63 bits per heavy atom. The molecule has 0 atom stereocenters. The molecule has 2 aromatic rings. The average molecular weight is 414 g/mol. The van der Waals surface area contributed by atoms with E-state index in [1.165, 1.54) is 19.2 Å². The Bertz CT molecular complexity index is 657. The number of carbonyl (C=O) groups excluding carboxylic acids is 1. The van der Waals surface area contributed by atoms with Gasteiger partial charge in [0, 0.05) is 0 Å². The summed E-state index contributed by atoms with van der Waals surface area (Å²) in [6, 6.07) is 3.72. The fraction of sp³-hybridized carbons (Fsp3) is 0.0833. The highest BCUT2D eigenvalue weighted by molar-refractivity contribution is 14.1. The van der Waals surface area contributed by atoms with Crippen LogP contribution in [0.3, 0.4) is 0 Å². The first kappa shape index (κ1) is 14.6. The van der Waals surface area contributed by atoms with E-state index in [-0.39, 0.29) is 27.2 Å². The molecular weight excluding hydrogens is 407 g/mol. The summed E-state index contributed by atoms with van der Waals surface area (Å²) < 4.78 is 18.8. The lowest BCUT2D eigenvalue weighted by Gasteiger charge is -2.07. The Hall–Kier alpha value is -0.790. The van der Waals surface area contributed by atoms with Crippen molar-refractivity contribution in [1.82, 2.24) is 4.98 Å². The van der Waals surface area contributed by atoms with Crippen LogP contribution in [0.25, 0.3) is 0 Å². The van der Waals surface area contributed by atoms with Gasteiger partial charge in [-0.2, -0.15) is 0 Å². The van der Waals surface area contributed by atoms with E-state index < -0.39 is 11.6 Å². The van der Waals surface area contributed by atoms with Crippen molar-refractivity contribution >= 4 is 51.6 Å². The van der Waals surface area contributed by atoms with E-state index in [1.54, 1.807) is 0 Å². The molecule has 1 heterocycles. The van der Waals surface area contributed by atoms with Gasteiger partial charge in [0.2, 0.25) is 5.78 Å². The highest BCUT2D eigenvalue weighted by atomic mass is 127. The average Bonchev–Trinajstić information content (AvgIpc) is 2.65. The number of rotatable bonds is 3. The van der Waals surface area contributed by atoms with E-state index in [1.807, 2.05) is 22.6 Å². The Morgan fingerprint density at radius 1 is 1.42 bits per heavy atom. The number of aromatic nitrogens is 1. The van der Waals surface area contributed by atoms with Crippen LogP contribution in [0.15, 0.2) is 18.2 Å². The minimum absolute atomic E-state index is 0.106. The van der Waals surface area contributed by atoms with Gasteiger partial charge < -0.3 is 9.72 Å². The van der Waals surface area contributed by atoms with Crippen LogP contribution < -0.4 is 4.74 Å². The Morgan fingerprint density at radius 2 is 2.11 bits per heavy atom. The monoisotopic (exact) mass is 413 g/mol. The van der Waals surface area contributed by atoms with Gasteiger partial charge in [-0.15, -0.1) is 0 Å². The Kier molecular flexibility index (Phi) is 4.37. The molecule has 0 aliphatic rings. The van der Waals surface area contributed by atoms with Gasteiger partial charge >= 0.3 is 0 Å². The number of H-pyrrole nitrogens is 1. The van der Waals surface area contributed by atoms with Crippen LogP contribution in [0.2, 0.25) is 10.2 Å². The third-order valence-electron chi connectivity index (χ3n) is 2.47. The molecule has 0 aliphatic carbocycles. The van der Waals surface area contributed by atoms with Crippen molar-refractivity contribution in [1.29, 1.82) is 0 Å². The molecule has 1 aromatic heterocycles. The summed E-state index contributed by atoms with van der Waals surface area (Å²) in [5.74, 6) is -0.679. The second-order valence-electron chi connectivity index (χ2n) is 3.62. The SMILES string of the molecule is COc1ccc(F)cc1C(=O)c1[nH]c(Cl)c(Cl)c1I. The second kappa shape index (κ2) is 5.68. The van der Waals surface area contributed by atoms with Crippen LogP contribution in [0.4, 0.5) is 4.39 Å². The first-order valence-electron chi connectivity index (χ1n) is 5.06. The van der Waals surface area contributed by atoms with Crippen LogP contribution in [-0.4, -0.2) is 17.9 Å². The molecule has 7 heteroatoms. The summed E-state index contributed by atoms with van der Waals surface area (Å²) >= 11 is 13.6. The molecule has 0 spiro atoms. The number of aromatic amines is 1. The van der Waals surface area contributed by atoms with Crippen molar-refractivity contribution < 1.29 is 13.9 Å². The molecule has 0 unspecified atom stereocenters. The quantitative estimate of drug-likeness (QED) is 0.602. The number of halogens is 4. The van der Waals surface area contributed by atoms with E-state index in [9.17, 15) is 9.18 Å². The van der Waals surface area contributed by atoms with Crippen LogP contribution in [-0.2, 0) is 0 Å². The summed E-state index contributed by atoms with van der Waals surface area (Å²) in [6.45, 7) is 0. The van der Waals surface area contributed by atoms with Crippen LogP contribution in [0, 0.1) is 9.39 Å². The third kappa shape index (κ3) is 2.73. The fourth-order valence-corrected chi connectivity index (χ4v) is 2.71. The zero-order chi connectivity index (χ0) is 14.2. The van der Waals surface area contributed by atoms with E-state index >= 15 is 0 Å². The number of benzene rings is 1. The van der Waals surface area contributed by atoms with E-state index in [0.717, 1.165) is 6.07 Å². The molecule has 0 amide bonds. The first-order valence-corrected chi connectivity index (χ1v) is 6.90. The number of ketones is 1. The zero-order valence-electron chi connectivity index (χ0n) is 9.56. The lowest BCUT2D eigenvalue weighted by Crippen LogP contribution is -2.06. The van der Waals surface area contributed by atoms with Gasteiger partial charge in [-0.05, 0) is 40.8 Å². The summed E-state index contributed by atoms with van der Waals surface area (Å²) in [5.41, 5.74) is 0.314. The van der Waals surface area contributed by atoms with Crippen LogP contribution >= 0.6 is 45.8 Å². The maximum atomic E-state index is 13.3. The molecule has 1 N–H and O–H groups in total. The van der Waals surface area contributed by atoms with Crippen molar-refractivity contribution in [3.8, 4) is 5.75 Å². The molecule has 0 saturated carbocycles.